The van der Waals surface area contributed by atoms with Gasteiger partial charge in [0.05, 0.1) is 6.54 Å². The Morgan fingerprint density at radius 3 is 2.32 bits per heavy atom. The standard InChI is InChI=1S/C14H27N3O.ClH/c1-11-2-4-13(5-3-11)16-14(18)10-17-8-6-12(15)7-9-17;/h11-13H,2-10,15H2,1H3,(H,16,18);1H. The molecular weight excluding hydrogens is 262 g/mol. The third-order valence-corrected chi connectivity index (χ3v) is 4.38. The maximum absolute atomic E-state index is 12.0. The normalized spacial score (nSPS) is 29.6. The van der Waals surface area contributed by atoms with Gasteiger partial charge in [-0.25, -0.2) is 0 Å². The van der Waals surface area contributed by atoms with Crippen LogP contribution in [0.25, 0.3) is 0 Å². The van der Waals surface area contributed by atoms with Gasteiger partial charge >= 0.3 is 0 Å². The van der Waals surface area contributed by atoms with Crippen molar-refractivity contribution in [1.29, 1.82) is 0 Å². The Morgan fingerprint density at radius 2 is 1.74 bits per heavy atom. The van der Waals surface area contributed by atoms with Crippen molar-refractivity contribution < 1.29 is 4.79 Å². The molecule has 1 aliphatic carbocycles. The van der Waals surface area contributed by atoms with E-state index in [1.54, 1.807) is 0 Å². The summed E-state index contributed by atoms with van der Waals surface area (Å²) in [6.45, 7) is 4.79. The molecule has 1 heterocycles. The number of nitrogens with zero attached hydrogens (tertiary/aromatic N) is 1. The van der Waals surface area contributed by atoms with E-state index < -0.39 is 0 Å². The smallest absolute Gasteiger partial charge is 0.234 e. The van der Waals surface area contributed by atoms with E-state index in [-0.39, 0.29) is 18.3 Å². The second kappa shape index (κ2) is 8.08. The fraction of sp³-hybridized carbons (Fsp3) is 0.929. The Bertz CT molecular complexity index is 246. The summed E-state index contributed by atoms with van der Waals surface area (Å²) in [7, 11) is 0. The molecule has 2 aliphatic rings. The van der Waals surface area contributed by atoms with Crippen molar-refractivity contribution in [3.8, 4) is 0 Å². The lowest BCUT2D eigenvalue weighted by Gasteiger charge is -2.31. The summed E-state index contributed by atoms with van der Waals surface area (Å²) < 4.78 is 0. The van der Waals surface area contributed by atoms with Gasteiger partial charge in [-0.1, -0.05) is 6.92 Å². The molecule has 0 spiro atoms. The largest absolute Gasteiger partial charge is 0.352 e. The van der Waals surface area contributed by atoms with E-state index in [9.17, 15) is 4.79 Å². The fourth-order valence-electron chi connectivity index (χ4n) is 2.99. The molecule has 19 heavy (non-hydrogen) atoms. The quantitative estimate of drug-likeness (QED) is 0.828. The minimum absolute atomic E-state index is 0. The molecule has 5 heteroatoms. The molecule has 1 amide bonds. The van der Waals surface area contributed by atoms with E-state index in [0.29, 0.717) is 18.6 Å². The number of carbonyl (C=O) groups excluding carboxylic acids is 1. The second-order valence-corrected chi connectivity index (χ2v) is 6.14. The van der Waals surface area contributed by atoms with Crippen LogP contribution in [0.3, 0.4) is 0 Å². The Kier molecular flexibility index (Phi) is 7.11. The third kappa shape index (κ3) is 5.67. The zero-order valence-corrected chi connectivity index (χ0v) is 12.8. The summed E-state index contributed by atoms with van der Waals surface area (Å²) in [5.74, 6) is 1.03. The average molecular weight is 290 g/mol. The van der Waals surface area contributed by atoms with Crippen LogP contribution in [0.2, 0.25) is 0 Å². The van der Waals surface area contributed by atoms with Gasteiger partial charge in [-0.2, -0.15) is 0 Å². The highest BCUT2D eigenvalue weighted by molar-refractivity contribution is 5.85. The Labute approximate surface area is 122 Å². The highest BCUT2D eigenvalue weighted by Crippen LogP contribution is 2.23. The second-order valence-electron chi connectivity index (χ2n) is 6.14. The van der Waals surface area contributed by atoms with Crippen LogP contribution in [-0.4, -0.2) is 42.5 Å². The number of hydrogen-bond acceptors (Lipinski definition) is 3. The van der Waals surface area contributed by atoms with Gasteiger partial charge in [0.25, 0.3) is 0 Å². The lowest BCUT2D eigenvalue weighted by molar-refractivity contribution is -0.123. The molecule has 2 rings (SSSR count). The highest BCUT2D eigenvalue weighted by atomic mass is 35.5. The minimum Gasteiger partial charge on any atom is -0.352 e. The van der Waals surface area contributed by atoms with Gasteiger partial charge in [0.2, 0.25) is 5.91 Å². The van der Waals surface area contributed by atoms with Crippen molar-refractivity contribution in [1.82, 2.24) is 10.2 Å². The summed E-state index contributed by atoms with van der Waals surface area (Å²) in [6.07, 6.45) is 6.85. The van der Waals surface area contributed by atoms with Gasteiger partial charge in [-0.15, -0.1) is 12.4 Å². The SMILES string of the molecule is CC1CCC(NC(=O)CN2CCC(N)CC2)CC1.Cl. The van der Waals surface area contributed by atoms with Crippen LogP contribution in [0.1, 0.15) is 45.4 Å². The predicted octanol–water partition coefficient (Wildman–Crippen LogP) is 1.53. The summed E-state index contributed by atoms with van der Waals surface area (Å²) >= 11 is 0. The summed E-state index contributed by atoms with van der Waals surface area (Å²) in [5, 5.41) is 3.19. The van der Waals surface area contributed by atoms with Crippen LogP contribution in [-0.2, 0) is 4.79 Å². The molecule has 112 valence electrons. The van der Waals surface area contributed by atoms with E-state index in [4.69, 9.17) is 5.73 Å². The first-order valence-electron chi connectivity index (χ1n) is 7.41. The molecule has 0 aromatic rings. The van der Waals surface area contributed by atoms with Gasteiger partial charge in [0.1, 0.15) is 0 Å². The maximum atomic E-state index is 12.0. The zero-order chi connectivity index (χ0) is 13.0. The van der Waals surface area contributed by atoms with Gasteiger partial charge in [-0.05, 0) is 44.4 Å². The summed E-state index contributed by atoms with van der Waals surface area (Å²) in [4.78, 5) is 14.2. The number of amides is 1. The Hall–Kier alpha value is -0.320. The van der Waals surface area contributed by atoms with Gasteiger partial charge < -0.3 is 11.1 Å². The molecule has 0 atom stereocenters. The number of carbonyl (C=O) groups is 1. The molecule has 1 saturated carbocycles. The molecular formula is C14H28ClN3O. The Morgan fingerprint density at radius 1 is 1.16 bits per heavy atom. The third-order valence-electron chi connectivity index (χ3n) is 4.38. The van der Waals surface area contributed by atoms with Crippen LogP contribution < -0.4 is 11.1 Å². The number of hydrogen-bond donors (Lipinski definition) is 2. The molecule has 0 aromatic heterocycles. The lowest BCUT2D eigenvalue weighted by atomic mass is 9.87. The van der Waals surface area contributed by atoms with Gasteiger partial charge in [0, 0.05) is 25.2 Å². The van der Waals surface area contributed by atoms with Gasteiger partial charge in [0.15, 0.2) is 0 Å². The van der Waals surface area contributed by atoms with E-state index in [0.717, 1.165) is 44.7 Å². The molecule has 3 N–H and O–H groups in total. The zero-order valence-electron chi connectivity index (χ0n) is 11.9. The molecule has 0 aromatic carbocycles. The van der Waals surface area contributed by atoms with E-state index in [2.05, 4.69) is 17.1 Å². The van der Waals surface area contributed by atoms with Crippen molar-refractivity contribution in [2.45, 2.75) is 57.5 Å². The van der Waals surface area contributed by atoms with Crippen molar-refractivity contribution >= 4 is 18.3 Å². The molecule has 0 unspecified atom stereocenters. The van der Waals surface area contributed by atoms with E-state index >= 15 is 0 Å². The number of halogens is 1. The summed E-state index contributed by atoms with van der Waals surface area (Å²) in [6, 6.07) is 0.755. The van der Waals surface area contributed by atoms with Crippen LogP contribution >= 0.6 is 12.4 Å². The molecule has 2 fully saturated rings. The van der Waals surface area contributed by atoms with Crippen molar-refractivity contribution in [2.24, 2.45) is 11.7 Å². The first-order valence-corrected chi connectivity index (χ1v) is 7.41. The number of nitrogens with two attached hydrogens (primary N) is 1. The number of likely N-dealkylation sites (tertiary alicyclic amines) is 1. The average Bonchev–Trinajstić information content (AvgIpc) is 2.35. The van der Waals surface area contributed by atoms with Crippen molar-refractivity contribution in [3.05, 3.63) is 0 Å². The van der Waals surface area contributed by atoms with Gasteiger partial charge in [-0.3, -0.25) is 9.69 Å². The van der Waals surface area contributed by atoms with Crippen molar-refractivity contribution in [3.63, 3.8) is 0 Å². The topological polar surface area (TPSA) is 58.4 Å². The summed E-state index contributed by atoms with van der Waals surface area (Å²) in [5.41, 5.74) is 5.86. The monoisotopic (exact) mass is 289 g/mol. The molecule has 0 radical (unpaired) electrons. The van der Waals surface area contributed by atoms with E-state index in [1.807, 2.05) is 0 Å². The highest BCUT2D eigenvalue weighted by Gasteiger charge is 2.22. The van der Waals surface area contributed by atoms with Crippen LogP contribution in [0.5, 0.6) is 0 Å². The molecule has 1 aliphatic heterocycles. The van der Waals surface area contributed by atoms with E-state index in [1.165, 1.54) is 12.8 Å². The van der Waals surface area contributed by atoms with Crippen LogP contribution in [0, 0.1) is 5.92 Å². The molecule has 1 saturated heterocycles. The fourth-order valence-corrected chi connectivity index (χ4v) is 2.99. The van der Waals surface area contributed by atoms with Crippen LogP contribution in [0.4, 0.5) is 0 Å². The number of rotatable bonds is 3. The number of piperidine rings is 1. The Balaban J connectivity index is 0.00000180. The first kappa shape index (κ1) is 16.7. The predicted molar refractivity (Wildman–Crippen MR) is 80.5 cm³/mol. The molecule has 4 nitrogen and oxygen atoms in total. The lowest BCUT2D eigenvalue weighted by Crippen LogP contribution is -2.47. The molecule has 0 bridgehead atoms. The van der Waals surface area contributed by atoms with Crippen molar-refractivity contribution in [2.75, 3.05) is 19.6 Å². The maximum Gasteiger partial charge on any atom is 0.234 e. The minimum atomic E-state index is 0. The first-order chi connectivity index (χ1) is 8.63. The number of nitrogens with one attached hydrogen (secondary N) is 1. The van der Waals surface area contributed by atoms with Crippen LogP contribution in [0.15, 0.2) is 0 Å².